The quantitative estimate of drug-likeness (QED) is 0.847. The number of rotatable bonds is 2. The maximum Gasteiger partial charge on any atom is 0.117 e. The van der Waals surface area contributed by atoms with Crippen molar-refractivity contribution in [2.24, 2.45) is 5.73 Å². The minimum atomic E-state index is -0.203. The molecule has 4 heteroatoms. The molecule has 1 aliphatic heterocycles. The smallest absolute Gasteiger partial charge is 0.117 e. The van der Waals surface area contributed by atoms with Gasteiger partial charge in [0.25, 0.3) is 0 Å². The number of nitrogens with one attached hydrogen (secondary N) is 1. The largest absolute Gasteiger partial charge is 0.379 e. The molecule has 0 bridgehead atoms. The van der Waals surface area contributed by atoms with Crippen molar-refractivity contribution in [2.75, 3.05) is 13.2 Å². The molecule has 3 rings (SSSR count). The number of hydrogen-bond acceptors (Lipinski definition) is 3. The summed E-state index contributed by atoms with van der Waals surface area (Å²) >= 11 is 0. The van der Waals surface area contributed by atoms with Crippen LogP contribution in [0.4, 0.5) is 0 Å². The SMILES string of the molecule is CCc1ccc2nc(C3(C)COCC3N)[nH]c2c1. The molecule has 96 valence electrons. The Kier molecular flexibility index (Phi) is 2.64. The zero-order valence-electron chi connectivity index (χ0n) is 10.9. The molecule has 2 unspecified atom stereocenters. The molecule has 1 fully saturated rings. The Morgan fingerprint density at radius 1 is 1.56 bits per heavy atom. The summed E-state index contributed by atoms with van der Waals surface area (Å²) < 4.78 is 5.48. The van der Waals surface area contributed by atoms with Crippen LogP contribution in [0.15, 0.2) is 18.2 Å². The monoisotopic (exact) mass is 245 g/mol. The molecule has 4 nitrogen and oxygen atoms in total. The first-order chi connectivity index (χ1) is 8.63. The van der Waals surface area contributed by atoms with Gasteiger partial charge >= 0.3 is 0 Å². The number of nitrogens with zero attached hydrogens (tertiary/aromatic N) is 1. The van der Waals surface area contributed by atoms with Crippen LogP contribution in [0.5, 0.6) is 0 Å². The fraction of sp³-hybridized carbons (Fsp3) is 0.500. The van der Waals surface area contributed by atoms with Crippen LogP contribution in [0.3, 0.4) is 0 Å². The molecule has 2 atom stereocenters. The molecule has 0 aliphatic carbocycles. The second kappa shape index (κ2) is 4.07. The van der Waals surface area contributed by atoms with E-state index < -0.39 is 0 Å². The number of aromatic nitrogens is 2. The van der Waals surface area contributed by atoms with Crippen LogP contribution in [0, 0.1) is 0 Å². The van der Waals surface area contributed by atoms with E-state index in [2.05, 4.69) is 42.0 Å². The highest BCUT2D eigenvalue weighted by molar-refractivity contribution is 5.76. The lowest BCUT2D eigenvalue weighted by Gasteiger charge is -2.23. The lowest BCUT2D eigenvalue weighted by atomic mass is 9.85. The number of benzene rings is 1. The van der Waals surface area contributed by atoms with Gasteiger partial charge in [-0.25, -0.2) is 4.98 Å². The Hall–Kier alpha value is -1.39. The van der Waals surface area contributed by atoms with E-state index in [-0.39, 0.29) is 11.5 Å². The average Bonchev–Trinajstić information content (AvgIpc) is 2.94. The minimum absolute atomic E-state index is 0.00343. The van der Waals surface area contributed by atoms with Gasteiger partial charge in [-0.3, -0.25) is 0 Å². The fourth-order valence-electron chi connectivity index (χ4n) is 2.48. The molecule has 0 spiro atoms. The first-order valence-corrected chi connectivity index (χ1v) is 6.46. The van der Waals surface area contributed by atoms with Gasteiger partial charge in [0.1, 0.15) is 5.82 Å². The summed E-state index contributed by atoms with van der Waals surface area (Å²) in [4.78, 5) is 8.09. The van der Waals surface area contributed by atoms with Gasteiger partial charge in [-0.1, -0.05) is 13.0 Å². The number of ether oxygens (including phenoxy) is 1. The van der Waals surface area contributed by atoms with E-state index in [1.54, 1.807) is 0 Å². The maximum absolute atomic E-state index is 6.14. The fourth-order valence-corrected chi connectivity index (χ4v) is 2.48. The van der Waals surface area contributed by atoms with Gasteiger partial charge in [-0.15, -0.1) is 0 Å². The number of hydrogen-bond donors (Lipinski definition) is 2. The van der Waals surface area contributed by atoms with Crippen molar-refractivity contribution in [3.8, 4) is 0 Å². The molecular formula is C14H19N3O. The van der Waals surface area contributed by atoms with Crippen molar-refractivity contribution in [3.05, 3.63) is 29.6 Å². The summed E-state index contributed by atoms with van der Waals surface area (Å²) in [5.74, 6) is 0.941. The predicted molar refractivity (Wildman–Crippen MR) is 71.6 cm³/mol. The number of fused-ring (bicyclic) bond motifs is 1. The lowest BCUT2D eigenvalue weighted by molar-refractivity contribution is 0.178. The lowest BCUT2D eigenvalue weighted by Crippen LogP contribution is -2.42. The van der Waals surface area contributed by atoms with E-state index in [0.717, 1.165) is 23.3 Å². The van der Waals surface area contributed by atoms with Crippen LogP contribution in [0.2, 0.25) is 0 Å². The van der Waals surface area contributed by atoms with E-state index in [0.29, 0.717) is 13.2 Å². The second-order valence-electron chi connectivity index (χ2n) is 5.33. The summed E-state index contributed by atoms with van der Waals surface area (Å²) in [5.41, 5.74) is 9.34. The number of imidazole rings is 1. The highest BCUT2D eigenvalue weighted by atomic mass is 16.5. The third-order valence-corrected chi connectivity index (χ3v) is 4.01. The summed E-state index contributed by atoms with van der Waals surface area (Å²) in [7, 11) is 0. The van der Waals surface area contributed by atoms with Gasteiger partial charge in [0.15, 0.2) is 0 Å². The molecule has 2 heterocycles. The minimum Gasteiger partial charge on any atom is -0.379 e. The Morgan fingerprint density at radius 3 is 3.06 bits per heavy atom. The molecule has 18 heavy (non-hydrogen) atoms. The van der Waals surface area contributed by atoms with Crippen molar-refractivity contribution in [3.63, 3.8) is 0 Å². The van der Waals surface area contributed by atoms with Crippen molar-refractivity contribution >= 4 is 11.0 Å². The van der Waals surface area contributed by atoms with Crippen LogP contribution in [-0.4, -0.2) is 29.2 Å². The van der Waals surface area contributed by atoms with Gasteiger partial charge in [0.05, 0.1) is 29.7 Å². The predicted octanol–water partition coefficient (Wildman–Crippen LogP) is 1.74. The van der Waals surface area contributed by atoms with Crippen molar-refractivity contribution < 1.29 is 4.74 Å². The van der Waals surface area contributed by atoms with Crippen LogP contribution in [0.25, 0.3) is 11.0 Å². The highest BCUT2D eigenvalue weighted by Gasteiger charge is 2.41. The molecule has 0 saturated carbocycles. The van der Waals surface area contributed by atoms with Crippen molar-refractivity contribution in [1.29, 1.82) is 0 Å². The van der Waals surface area contributed by atoms with Gasteiger partial charge in [-0.05, 0) is 31.0 Å². The summed E-state index contributed by atoms with van der Waals surface area (Å²) in [6, 6.07) is 6.36. The number of aryl methyl sites for hydroxylation is 1. The first-order valence-electron chi connectivity index (χ1n) is 6.46. The van der Waals surface area contributed by atoms with Crippen molar-refractivity contribution in [1.82, 2.24) is 9.97 Å². The van der Waals surface area contributed by atoms with Crippen LogP contribution in [0.1, 0.15) is 25.2 Å². The van der Waals surface area contributed by atoms with E-state index >= 15 is 0 Å². The Balaban J connectivity index is 2.08. The Bertz CT molecular complexity index is 577. The maximum atomic E-state index is 6.14. The molecule has 1 saturated heterocycles. The van der Waals surface area contributed by atoms with E-state index in [9.17, 15) is 0 Å². The molecule has 1 aromatic carbocycles. The molecule has 0 radical (unpaired) electrons. The second-order valence-corrected chi connectivity index (χ2v) is 5.33. The average molecular weight is 245 g/mol. The highest BCUT2D eigenvalue weighted by Crippen LogP contribution is 2.31. The normalized spacial score (nSPS) is 28.1. The number of H-pyrrole nitrogens is 1. The van der Waals surface area contributed by atoms with E-state index in [1.165, 1.54) is 5.56 Å². The number of nitrogens with two attached hydrogens (primary N) is 1. The Labute approximate surface area is 107 Å². The van der Waals surface area contributed by atoms with Crippen LogP contribution in [-0.2, 0) is 16.6 Å². The molecule has 1 aliphatic rings. The Morgan fingerprint density at radius 2 is 2.39 bits per heavy atom. The summed E-state index contributed by atoms with van der Waals surface area (Å²) in [5, 5.41) is 0. The third-order valence-electron chi connectivity index (χ3n) is 4.01. The number of aromatic amines is 1. The molecule has 3 N–H and O–H groups in total. The van der Waals surface area contributed by atoms with Gasteiger partial charge in [0, 0.05) is 6.04 Å². The zero-order valence-corrected chi connectivity index (χ0v) is 10.9. The molecule has 1 aromatic heterocycles. The van der Waals surface area contributed by atoms with E-state index in [4.69, 9.17) is 10.5 Å². The topological polar surface area (TPSA) is 63.9 Å². The van der Waals surface area contributed by atoms with Crippen LogP contribution < -0.4 is 5.73 Å². The van der Waals surface area contributed by atoms with Gasteiger partial charge < -0.3 is 15.5 Å². The van der Waals surface area contributed by atoms with Gasteiger partial charge in [-0.2, -0.15) is 0 Å². The first kappa shape index (κ1) is 11.7. The molecule has 2 aromatic rings. The zero-order chi connectivity index (χ0) is 12.8. The summed E-state index contributed by atoms with van der Waals surface area (Å²) in [6.45, 7) is 5.51. The third kappa shape index (κ3) is 1.64. The molecular weight excluding hydrogens is 226 g/mol. The van der Waals surface area contributed by atoms with Crippen molar-refractivity contribution in [2.45, 2.75) is 31.7 Å². The standard InChI is InChI=1S/C14H19N3O/c1-3-9-4-5-10-11(6-9)17-13(16-10)14(2)8-18-7-12(14)15/h4-6,12H,3,7-8,15H2,1-2H3,(H,16,17). The van der Waals surface area contributed by atoms with Crippen LogP contribution >= 0.6 is 0 Å². The van der Waals surface area contributed by atoms with Gasteiger partial charge in [0.2, 0.25) is 0 Å². The van der Waals surface area contributed by atoms with E-state index in [1.807, 2.05) is 0 Å². The summed E-state index contributed by atoms with van der Waals surface area (Å²) in [6.07, 6.45) is 1.03. The molecule has 0 amide bonds.